The molecule has 3 rings (SSSR count). The second-order valence-electron chi connectivity index (χ2n) is 7.12. The van der Waals surface area contributed by atoms with Gasteiger partial charge >= 0.3 is 0 Å². The number of carbonyl (C=O) groups excluding carboxylic acids is 1. The van der Waals surface area contributed by atoms with E-state index in [2.05, 4.69) is 10.2 Å². The van der Waals surface area contributed by atoms with Gasteiger partial charge in [-0.25, -0.2) is 8.42 Å². The first-order valence-corrected chi connectivity index (χ1v) is 11.3. The van der Waals surface area contributed by atoms with Crippen LogP contribution in [0.25, 0.3) is 0 Å². The first-order valence-electron chi connectivity index (χ1n) is 9.67. The molecule has 7 nitrogen and oxygen atoms in total. The van der Waals surface area contributed by atoms with Crippen molar-refractivity contribution in [3.8, 4) is 0 Å². The molecule has 0 aliphatic carbocycles. The van der Waals surface area contributed by atoms with Crippen molar-refractivity contribution in [3.63, 3.8) is 0 Å². The van der Waals surface area contributed by atoms with E-state index < -0.39 is 10.0 Å². The molecule has 0 radical (unpaired) electrons. The molecule has 2 aliphatic rings. The van der Waals surface area contributed by atoms with Gasteiger partial charge in [-0.1, -0.05) is 12.1 Å². The number of amides is 1. The third-order valence-electron chi connectivity index (χ3n) is 5.20. The molecule has 1 aromatic carbocycles. The molecule has 0 spiro atoms. The van der Waals surface area contributed by atoms with Gasteiger partial charge in [-0.2, -0.15) is 4.31 Å². The van der Waals surface area contributed by atoms with Crippen molar-refractivity contribution in [1.29, 1.82) is 0 Å². The molecule has 1 N–H and O–H groups in total. The van der Waals surface area contributed by atoms with E-state index in [-0.39, 0.29) is 17.8 Å². The lowest BCUT2D eigenvalue weighted by Gasteiger charge is -2.33. The van der Waals surface area contributed by atoms with Gasteiger partial charge in [-0.05, 0) is 37.5 Å². The summed E-state index contributed by atoms with van der Waals surface area (Å²) in [7, 11) is -3.11. The second-order valence-corrected chi connectivity index (χ2v) is 9.38. The van der Waals surface area contributed by atoms with Crippen molar-refractivity contribution >= 4 is 15.9 Å². The fourth-order valence-electron chi connectivity index (χ4n) is 3.53. The van der Waals surface area contributed by atoms with E-state index in [9.17, 15) is 13.2 Å². The molecule has 1 unspecified atom stereocenters. The Morgan fingerprint density at radius 2 is 2.04 bits per heavy atom. The second kappa shape index (κ2) is 9.14. The number of sulfonamides is 1. The van der Waals surface area contributed by atoms with E-state index in [1.807, 2.05) is 24.3 Å². The van der Waals surface area contributed by atoms with Crippen LogP contribution in [-0.2, 0) is 21.3 Å². The number of piperazine rings is 1. The predicted molar refractivity (Wildman–Crippen MR) is 104 cm³/mol. The van der Waals surface area contributed by atoms with Crippen molar-refractivity contribution in [2.75, 3.05) is 45.1 Å². The predicted octanol–water partition coefficient (Wildman–Crippen LogP) is 1.06. The maximum Gasteiger partial charge on any atom is 0.251 e. The maximum atomic E-state index is 12.4. The molecule has 1 amide bonds. The number of carbonyl (C=O) groups is 1. The first kappa shape index (κ1) is 20.3. The largest absolute Gasteiger partial charge is 0.376 e. The van der Waals surface area contributed by atoms with Crippen LogP contribution in [-0.4, -0.2) is 74.7 Å². The zero-order valence-corrected chi connectivity index (χ0v) is 16.7. The van der Waals surface area contributed by atoms with Gasteiger partial charge in [-0.15, -0.1) is 0 Å². The molecule has 150 valence electrons. The van der Waals surface area contributed by atoms with Crippen molar-refractivity contribution in [3.05, 3.63) is 35.4 Å². The normalized spacial score (nSPS) is 22.0. The van der Waals surface area contributed by atoms with Crippen LogP contribution in [0.1, 0.15) is 35.7 Å². The van der Waals surface area contributed by atoms with Crippen LogP contribution >= 0.6 is 0 Å². The van der Waals surface area contributed by atoms with E-state index >= 15 is 0 Å². The van der Waals surface area contributed by atoms with Crippen LogP contribution in [0.3, 0.4) is 0 Å². The summed E-state index contributed by atoms with van der Waals surface area (Å²) in [6.45, 7) is 6.18. The van der Waals surface area contributed by atoms with E-state index in [1.54, 1.807) is 11.2 Å². The third-order valence-corrected chi connectivity index (χ3v) is 7.08. The van der Waals surface area contributed by atoms with Crippen LogP contribution in [0.15, 0.2) is 24.3 Å². The van der Waals surface area contributed by atoms with Gasteiger partial charge in [0.1, 0.15) is 0 Å². The summed E-state index contributed by atoms with van der Waals surface area (Å²) >= 11 is 0. The number of hydrogen-bond donors (Lipinski definition) is 1. The molecule has 0 aromatic heterocycles. The lowest BCUT2D eigenvalue weighted by molar-refractivity contribution is 0.0857. The lowest BCUT2D eigenvalue weighted by Crippen LogP contribution is -2.48. The van der Waals surface area contributed by atoms with Crippen LogP contribution in [0.2, 0.25) is 0 Å². The summed E-state index contributed by atoms with van der Waals surface area (Å²) in [6, 6.07) is 7.64. The first-order chi connectivity index (χ1) is 13.0. The Bertz CT molecular complexity index is 739. The Kier molecular flexibility index (Phi) is 6.86. The highest BCUT2D eigenvalue weighted by Crippen LogP contribution is 2.14. The molecule has 27 heavy (non-hydrogen) atoms. The summed E-state index contributed by atoms with van der Waals surface area (Å²) in [5.74, 6) is 0.0713. The number of hydrogen-bond acceptors (Lipinski definition) is 5. The summed E-state index contributed by atoms with van der Waals surface area (Å²) in [4.78, 5) is 14.6. The summed E-state index contributed by atoms with van der Waals surface area (Å²) in [5.41, 5.74) is 1.71. The average Bonchev–Trinajstić information content (AvgIpc) is 3.20. The fraction of sp³-hybridized carbons (Fsp3) is 0.632. The van der Waals surface area contributed by atoms with Crippen LogP contribution in [0.4, 0.5) is 0 Å². The van der Waals surface area contributed by atoms with Crippen molar-refractivity contribution in [2.24, 2.45) is 0 Å². The topological polar surface area (TPSA) is 79.0 Å². The van der Waals surface area contributed by atoms with Crippen molar-refractivity contribution in [1.82, 2.24) is 14.5 Å². The Hall–Kier alpha value is -1.48. The SMILES string of the molecule is CCS(=O)(=O)N1CCN(Cc2cccc(C(=O)NCC3CCCO3)c2)CC1. The number of nitrogens with one attached hydrogen (secondary N) is 1. The van der Waals surface area contributed by atoms with Crippen LogP contribution in [0, 0.1) is 0 Å². The lowest BCUT2D eigenvalue weighted by atomic mass is 10.1. The minimum Gasteiger partial charge on any atom is -0.376 e. The third kappa shape index (κ3) is 5.51. The number of nitrogens with zero attached hydrogens (tertiary/aromatic N) is 2. The van der Waals surface area contributed by atoms with Gasteiger partial charge in [0.15, 0.2) is 0 Å². The van der Waals surface area contributed by atoms with Gasteiger partial charge in [0.25, 0.3) is 5.91 Å². The maximum absolute atomic E-state index is 12.4. The summed E-state index contributed by atoms with van der Waals surface area (Å²) < 4.78 is 31.0. The van der Waals surface area contributed by atoms with E-state index in [1.165, 1.54) is 0 Å². The highest BCUT2D eigenvalue weighted by molar-refractivity contribution is 7.89. The van der Waals surface area contributed by atoms with Crippen molar-refractivity contribution in [2.45, 2.75) is 32.4 Å². The smallest absolute Gasteiger partial charge is 0.251 e. The van der Waals surface area contributed by atoms with Gasteiger partial charge in [-0.3, -0.25) is 9.69 Å². The Balaban J connectivity index is 1.51. The number of rotatable bonds is 7. The number of benzene rings is 1. The summed E-state index contributed by atoms with van der Waals surface area (Å²) in [5, 5.41) is 2.95. The minimum absolute atomic E-state index is 0.0776. The van der Waals surface area contributed by atoms with Gasteiger partial charge in [0, 0.05) is 51.4 Å². The number of ether oxygens (including phenoxy) is 1. The molecule has 1 aromatic rings. The molecule has 2 saturated heterocycles. The highest BCUT2D eigenvalue weighted by Gasteiger charge is 2.25. The monoisotopic (exact) mass is 395 g/mol. The zero-order valence-electron chi connectivity index (χ0n) is 15.9. The van der Waals surface area contributed by atoms with Crippen LogP contribution < -0.4 is 5.32 Å². The molecule has 1 atom stereocenters. The van der Waals surface area contributed by atoms with E-state index in [4.69, 9.17) is 4.74 Å². The quantitative estimate of drug-likeness (QED) is 0.747. The summed E-state index contributed by atoms with van der Waals surface area (Å²) in [6.07, 6.45) is 2.19. The molecule has 2 fully saturated rings. The van der Waals surface area contributed by atoms with Crippen molar-refractivity contribution < 1.29 is 17.9 Å². The van der Waals surface area contributed by atoms with Gasteiger partial charge < -0.3 is 10.1 Å². The zero-order chi connectivity index (χ0) is 19.3. The molecular weight excluding hydrogens is 366 g/mol. The molecule has 2 heterocycles. The Morgan fingerprint density at radius 1 is 1.26 bits per heavy atom. The molecule has 8 heteroatoms. The molecule has 2 aliphatic heterocycles. The Labute approximate surface area is 161 Å². The standard InChI is InChI=1S/C19H29N3O4S/c1-2-27(24,25)22-10-8-21(9-11-22)15-16-5-3-6-17(13-16)19(23)20-14-18-7-4-12-26-18/h3,5-6,13,18H,2,4,7-12,14-15H2,1H3,(H,20,23). The molecule has 0 bridgehead atoms. The fourth-order valence-corrected chi connectivity index (χ4v) is 4.62. The minimum atomic E-state index is -3.11. The van der Waals surface area contributed by atoms with Crippen LogP contribution in [0.5, 0.6) is 0 Å². The average molecular weight is 396 g/mol. The van der Waals surface area contributed by atoms with E-state index in [0.717, 1.165) is 25.0 Å². The van der Waals surface area contributed by atoms with E-state index in [0.29, 0.717) is 44.8 Å². The Morgan fingerprint density at radius 3 is 2.70 bits per heavy atom. The van der Waals surface area contributed by atoms with Gasteiger partial charge in [0.2, 0.25) is 10.0 Å². The highest BCUT2D eigenvalue weighted by atomic mass is 32.2. The van der Waals surface area contributed by atoms with Gasteiger partial charge in [0.05, 0.1) is 11.9 Å². The molecule has 0 saturated carbocycles. The molecular formula is C19H29N3O4S.